The highest BCUT2D eigenvalue weighted by atomic mass is 16.5. The van der Waals surface area contributed by atoms with Gasteiger partial charge in [-0.1, -0.05) is 200 Å². The molecule has 0 spiro atoms. The number of benzene rings is 7. The summed E-state index contributed by atoms with van der Waals surface area (Å²) in [4.78, 5) is 0. The molecule has 0 amide bonds. The van der Waals surface area contributed by atoms with Crippen molar-refractivity contribution in [2.45, 2.75) is 63.8 Å². The van der Waals surface area contributed by atoms with Crippen molar-refractivity contribution in [3.8, 4) is 5.75 Å². The van der Waals surface area contributed by atoms with Gasteiger partial charge in [0.15, 0.2) is 0 Å². The molecule has 0 heterocycles. The van der Waals surface area contributed by atoms with Gasteiger partial charge in [0.05, 0.1) is 25.4 Å². The predicted molar refractivity (Wildman–Crippen MR) is 243 cm³/mol. The summed E-state index contributed by atoms with van der Waals surface area (Å²) in [5, 5.41) is 14.9. The van der Waals surface area contributed by atoms with Crippen LogP contribution in [0.4, 0.5) is 0 Å². The Morgan fingerprint density at radius 2 is 0.797 bits per heavy atom. The zero-order chi connectivity index (χ0) is 40.8. The summed E-state index contributed by atoms with van der Waals surface area (Å²) in [5.74, 6) is 0.807. The van der Waals surface area contributed by atoms with Crippen LogP contribution in [0.15, 0.2) is 217 Å². The second kappa shape index (κ2) is 20.1. The van der Waals surface area contributed by atoms with E-state index in [1.165, 1.54) is 16.7 Å². The van der Waals surface area contributed by atoms with E-state index < -0.39 is 17.1 Å². The van der Waals surface area contributed by atoms with E-state index in [0.717, 1.165) is 39.1 Å². The molecule has 0 saturated carbocycles. The molecule has 7 aromatic rings. The number of aliphatic hydroxyl groups is 1. The summed E-state index contributed by atoms with van der Waals surface area (Å²) in [7, 11) is 1.69. The molecule has 0 bridgehead atoms. The molecule has 3 nitrogen and oxygen atoms in total. The van der Waals surface area contributed by atoms with Crippen molar-refractivity contribution in [2.75, 3.05) is 7.11 Å². The Kier molecular flexibility index (Phi) is 14.0. The Labute approximate surface area is 351 Å². The van der Waals surface area contributed by atoms with Crippen molar-refractivity contribution in [3.63, 3.8) is 0 Å². The molecule has 0 radical (unpaired) electrons. The summed E-state index contributed by atoms with van der Waals surface area (Å²) >= 11 is 0. The zero-order valence-electron chi connectivity index (χ0n) is 34.4. The third-order valence-corrected chi connectivity index (χ3v) is 12.0. The molecule has 0 aliphatic heterocycles. The number of methoxy groups -OCH3 is 1. The third kappa shape index (κ3) is 10.6. The van der Waals surface area contributed by atoms with E-state index in [1.54, 1.807) is 7.11 Å². The maximum atomic E-state index is 14.9. The normalized spacial score (nSPS) is 12.9. The highest BCUT2D eigenvalue weighted by Crippen LogP contribution is 2.51. The van der Waals surface area contributed by atoms with Gasteiger partial charge < -0.3 is 14.6 Å². The number of allylic oxidation sites excluding steroid dienone is 1. The fourth-order valence-corrected chi connectivity index (χ4v) is 8.80. The minimum atomic E-state index is -1.42. The fraction of sp³-hybridized carbons (Fsp3) is 0.214. The monoisotopic (exact) mass is 776 g/mol. The third-order valence-electron chi connectivity index (χ3n) is 12.0. The molecule has 0 aromatic heterocycles. The Morgan fingerprint density at radius 3 is 1.19 bits per heavy atom. The van der Waals surface area contributed by atoms with Gasteiger partial charge >= 0.3 is 0 Å². The summed E-state index contributed by atoms with van der Waals surface area (Å²) in [6.45, 7) is 2.58. The van der Waals surface area contributed by atoms with E-state index in [9.17, 15) is 5.11 Å². The smallest absolute Gasteiger partial charge is 0.118 e. The van der Waals surface area contributed by atoms with Gasteiger partial charge in [0.2, 0.25) is 0 Å². The predicted octanol–water partition coefficient (Wildman–Crippen LogP) is 12.1. The van der Waals surface area contributed by atoms with Crippen molar-refractivity contribution in [1.29, 1.82) is 0 Å². The molecule has 1 N–H and O–H groups in total. The standard InChI is InChI=1S/C56H56O3/c1-44(59-43-51-33-35-53(58-2)36-34-51)55(40-48-27-15-6-16-28-48,41-49-29-17-7-18-30-49)56(57,42-50-31-19-8-20-32-50)54(39-47-25-13-5-14-26-47)52(37-45-21-9-3-10-22-45)38-46-23-11-4-12-24-46/h3-36,44,57H,37-43H2,1-2H3. The Hall–Kier alpha value is -6.00. The van der Waals surface area contributed by atoms with Crippen LogP contribution in [-0.4, -0.2) is 23.9 Å². The molecular formula is C56H56O3. The first-order valence-corrected chi connectivity index (χ1v) is 20.9. The van der Waals surface area contributed by atoms with Crippen LogP contribution in [0.5, 0.6) is 5.75 Å². The molecule has 298 valence electrons. The van der Waals surface area contributed by atoms with Crippen LogP contribution < -0.4 is 4.74 Å². The van der Waals surface area contributed by atoms with Crippen LogP contribution in [0.1, 0.15) is 45.9 Å². The fourth-order valence-electron chi connectivity index (χ4n) is 8.80. The van der Waals surface area contributed by atoms with Crippen molar-refractivity contribution < 1.29 is 14.6 Å². The van der Waals surface area contributed by atoms with Gasteiger partial charge in [-0.15, -0.1) is 0 Å². The van der Waals surface area contributed by atoms with Crippen LogP contribution in [0, 0.1) is 5.41 Å². The SMILES string of the molecule is COc1ccc(COC(C)C(Cc2ccccc2)(Cc2ccccc2)C(O)(Cc2ccccc2)C(Cc2ccccc2)=C(Cc2ccccc2)Cc2ccccc2)cc1. The van der Waals surface area contributed by atoms with Gasteiger partial charge in [-0.2, -0.15) is 0 Å². The van der Waals surface area contributed by atoms with Crippen LogP contribution in [0.3, 0.4) is 0 Å². The second-order valence-corrected chi connectivity index (χ2v) is 15.9. The quantitative estimate of drug-likeness (QED) is 0.0832. The van der Waals surface area contributed by atoms with E-state index in [4.69, 9.17) is 9.47 Å². The van der Waals surface area contributed by atoms with Crippen molar-refractivity contribution in [1.82, 2.24) is 0 Å². The molecule has 2 atom stereocenters. The molecule has 3 heteroatoms. The summed E-state index contributed by atoms with van der Waals surface area (Å²) in [5.41, 5.74) is 7.99. The topological polar surface area (TPSA) is 38.7 Å². The summed E-state index contributed by atoms with van der Waals surface area (Å²) in [6.07, 6.45) is 3.12. The van der Waals surface area contributed by atoms with Gasteiger partial charge in [-0.25, -0.2) is 0 Å². The van der Waals surface area contributed by atoms with Crippen LogP contribution in [0.25, 0.3) is 0 Å². The maximum Gasteiger partial charge on any atom is 0.118 e. The first kappa shape index (κ1) is 41.2. The van der Waals surface area contributed by atoms with Crippen LogP contribution >= 0.6 is 0 Å². The van der Waals surface area contributed by atoms with E-state index in [-0.39, 0.29) is 0 Å². The van der Waals surface area contributed by atoms with Gasteiger partial charge in [-0.05, 0) is 95.7 Å². The average molecular weight is 777 g/mol. The number of hydrogen-bond donors (Lipinski definition) is 1. The lowest BCUT2D eigenvalue weighted by atomic mass is 9.56. The Morgan fingerprint density at radius 1 is 0.441 bits per heavy atom. The van der Waals surface area contributed by atoms with Gasteiger partial charge in [0.1, 0.15) is 5.75 Å². The second-order valence-electron chi connectivity index (χ2n) is 15.9. The molecule has 7 rings (SSSR count). The molecular weight excluding hydrogens is 721 g/mol. The number of ether oxygens (including phenoxy) is 2. The summed E-state index contributed by atoms with van der Waals surface area (Å²) in [6, 6.07) is 72.2. The van der Waals surface area contributed by atoms with E-state index >= 15 is 0 Å². The first-order valence-electron chi connectivity index (χ1n) is 20.9. The highest BCUT2D eigenvalue weighted by molar-refractivity contribution is 5.43. The number of rotatable bonds is 19. The van der Waals surface area contributed by atoms with Gasteiger partial charge in [0.25, 0.3) is 0 Å². The molecule has 59 heavy (non-hydrogen) atoms. The maximum absolute atomic E-state index is 14.9. The Balaban J connectivity index is 1.53. The molecule has 7 aromatic carbocycles. The minimum Gasteiger partial charge on any atom is -0.497 e. The lowest BCUT2D eigenvalue weighted by molar-refractivity contribution is -0.144. The largest absolute Gasteiger partial charge is 0.497 e. The van der Waals surface area contributed by atoms with Gasteiger partial charge in [-0.3, -0.25) is 0 Å². The molecule has 0 saturated heterocycles. The minimum absolute atomic E-state index is 0.385. The highest BCUT2D eigenvalue weighted by Gasteiger charge is 2.56. The molecule has 0 fully saturated rings. The zero-order valence-corrected chi connectivity index (χ0v) is 34.4. The van der Waals surface area contributed by atoms with Crippen LogP contribution in [-0.2, 0) is 49.9 Å². The molecule has 0 aliphatic rings. The van der Waals surface area contributed by atoms with Gasteiger partial charge in [0, 0.05) is 11.8 Å². The van der Waals surface area contributed by atoms with E-state index in [1.807, 2.05) is 12.1 Å². The van der Waals surface area contributed by atoms with Crippen molar-refractivity contribution >= 4 is 0 Å². The van der Waals surface area contributed by atoms with E-state index in [0.29, 0.717) is 45.1 Å². The molecule has 0 aliphatic carbocycles. The van der Waals surface area contributed by atoms with Crippen molar-refractivity contribution in [2.24, 2.45) is 5.41 Å². The molecule has 2 unspecified atom stereocenters. The Bertz CT molecular complexity index is 2220. The van der Waals surface area contributed by atoms with Crippen LogP contribution in [0.2, 0.25) is 0 Å². The number of hydrogen-bond acceptors (Lipinski definition) is 3. The first-order chi connectivity index (χ1) is 28.9. The summed E-state index contributed by atoms with van der Waals surface area (Å²) < 4.78 is 12.7. The lowest BCUT2D eigenvalue weighted by Gasteiger charge is -2.53. The van der Waals surface area contributed by atoms with E-state index in [2.05, 4.69) is 201 Å². The van der Waals surface area contributed by atoms with Crippen molar-refractivity contribution in [3.05, 3.63) is 256 Å². The average Bonchev–Trinajstić information content (AvgIpc) is 3.29. The lowest BCUT2D eigenvalue weighted by Crippen LogP contribution is -2.60.